The standard InChI is InChI=1S/C43H66N12O12/c1-6-8-9-27(39(63)48-20-34(46)59)50-37(62)22-55(5)43(67)29-15-17-35(60)47-21-36(61)51-30(18-25-10-12-26(56)13-11-25)24(4)49-38(23(3)7-2)42(66)52-28(14-16-32(44)57)40(64)54-31(19-33(45)58)41(65)53-29/h10-13,23,27-31,38,49,56H,4,6-9,14-22H2,1-3,5H3,(H2,44,57)(H2,45,58)(H2,46,59)(H,47,60)(H,48,63)(H,50,62)(H,51,61)(H,52,66)(H,53,65)(H,54,64)/t23-,27-,28-,29-,30-,31-,38-/m0/s1. The molecule has 0 aliphatic carbocycles. The summed E-state index contributed by atoms with van der Waals surface area (Å²) in [5.74, 6) is -9.99. The van der Waals surface area contributed by atoms with E-state index in [4.69, 9.17) is 17.2 Å². The van der Waals surface area contributed by atoms with Crippen molar-refractivity contribution in [2.24, 2.45) is 23.1 Å². The Morgan fingerprint density at radius 3 is 2.07 bits per heavy atom. The normalized spacial score (nSPS) is 21.0. The smallest absolute Gasteiger partial charge is 0.245 e. The second-order valence-electron chi connectivity index (χ2n) is 16.3. The molecule has 2 rings (SSSR count). The number of aromatic hydroxyl groups is 1. The van der Waals surface area contributed by atoms with E-state index in [0.29, 0.717) is 24.8 Å². The summed E-state index contributed by atoms with van der Waals surface area (Å²) in [4.78, 5) is 145. The van der Waals surface area contributed by atoms with Crippen LogP contribution < -0.4 is 59.7 Å². The van der Waals surface area contributed by atoms with E-state index < -0.39 is 152 Å². The zero-order valence-corrected chi connectivity index (χ0v) is 38.4. The van der Waals surface area contributed by atoms with Crippen LogP contribution in [0.15, 0.2) is 36.5 Å². The van der Waals surface area contributed by atoms with Crippen molar-refractivity contribution in [1.29, 1.82) is 0 Å². The van der Waals surface area contributed by atoms with Gasteiger partial charge in [-0.25, -0.2) is 0 Å². The predicted molar refractivity (Wildman–Crippen MR) is 241 cm³/mol. The molecule has 24 nitrogen and oxygen atoms in total. The average Bonchev–Trinajstić information content (AvgIpc) is 3.26. The van der Waals surface area contributed by atoms with E-state index in [-0.39, 0.29) is 30.7 Å². The van der Waals surface area contributed by atoms with Crippen LogP contribution in [0.5, 0.6) is 5.75 Å². The zero-order valence-electron chi connectivity index (χ0n) is 38.4. The van der Waals surface area contributed by atoms with Crippen LogP contribution in [-0.2, 0) is 59.2 Å². The predicted octanol–water partition coefficient (Wildman–Crippen LogP) is -3.82. The monoisotopic (exact) mass is 942 g/mol. The third kappa shape index (κ3) is 20.2. The molecule has 0 unspecified atom stereocenters. The van der Waals surface area contributed by atoms with Crippen LogP contribution in [0, 0.1) is 5.92 Å². The molecule has 24 heteroatoms. The minimum absolute atomic E-state index is 0.00900. The lowest BCUT2D eigenvalue weighted by Crippen LogP contribution is -2.60. The number of likely N-dealkylation sites (N-methyl/N-ethyl adjacent to an activating group) is 1. The van der Waals surface area contributed by atoms with Crippen molar-refractivity contribution >= 4 is 65.0 Å². The number of amides is 11. The molecule has 1 fully saturated rings. The number of hydrogen-bond acceptors (Lipinski definition) is 13. The number of nitrogens with one attached hydrogen (secondary N) is 8. The summed E-state index contributed by atoms with van der Waals surface area (Å²) in [6.07, 6.45) is -0.659. The van der Waals surface area contributed by atoms with Crippen molar-refractivity contribution in [2.75, 3.05) is 26.7 Å². The van der Waals surface area contributed by atoms with Crippen molar-refractivity contribution in [3.05, 3.63) is 42.1 Å². The van der Waals surface area contributed by atoms with Crippen molar-refractivity contribution in [2.45, 2.75) is 121 Å². The van der Waals surface area contributed by atoms with E-state index in [0.717, 1.165) is 4.90 Å². The largest absolute Gasteiger partial charge is 0.508 e. The third-order valence-electron chi connectivity index (χ3n) is 10.7. The average molecular weight is 943 g/mol. The van der Waals surface area contributed by atoms with Gasteiger partial charge in [-0.3, -0.25) is 52.7 Å². The van der Waals surface area contributed by atoms with Crippen molar-refractivity contribution in [1.82, 2.24) is 47.4 Å². The topological polar surface area (TPSA) is 386 Å². The Kier molecular flexibility index (Phi) is 23.3. The second kappa shape index (κ2) is 27.9. The van der Waals surface area contributed by atoms with Gasteiger partial charge in [-0.1, -0.05) is 58.7 Å². The molecule has 11 amide bonds. The number of rotatable bonds is 19. The first kappa shape index (κ1) is 55.9. The van der Waals surface area contributed by atoms with Crippen LogP contribution in [0.25, 0.3) is 0 Å². The molecule has 1 aliphatic rings. The highest BCUT2D eigenvalue weighted by atomic mass is 16.3. The fraction of sp³-hybridized carbons (Fsp3) is 0.558. The molecule has 1 heterocycles. The zero-order chi connectivity index (χ0) is 50.4. The number of primary amides is 3. The maximum Gasteiger partial charge on any atom is 0.245 e. The van der Waals surface area contributed by atoms with Gasteiger partial charge in [0.1, 0.15) is 36.0 Å². The van der Waals surface area contributed by atoms with Crippen LogP contribution in [-0.4, -0.2) is 138 Å². The SMILES string of the molecule is C=C1N[C@@H]([C@@H](C)CC)C(=O)N[C@@H](CCC(N)=O)C(=O)N[C@@H](CC(N)=O)C(=O)N[C@H](C(=O)N(C)CC(=O)N[C@@H](CCCC)C(=O)NCC(N)=O)CCC(=O)NCC(=O)N[C@H]1Cc1ccc(O)cc1. The van der Waals surface area contributed by atoms with E-state index >= 15 is 0 Å². The second-order valence-corrected chi connectivity index (χ2v) is 16.3. The summed E-state index contributed by atoms with van der Waals surface area (Å²) < 4.78 is 0. The highest BCUT2D eigenvalue weighted by Crippen LogP contribution is 2.17. The minimum atomic E-state index is -1.79. The number of carbonyl (C=O) groups is 11. The van der Waals surface area contributed by atoms with Gasteiger partial charge < -0.3 is 69.7 Å². The molecule has 0 spiro atoms. The number of benzene rings is 1. The van der Waals surface area contributed by atoms with Crippen LogP contribution in [0.1, 0.15) is 84.1 Å². The number of unbranched alkanes of at least 4 members (excludes halogenated alkanes) is 1. The van der Waals surface area contributed by atoms with E-state index in [9.17, 15) is 57.8 Å². The molecule has 1 aliphatic heterocycles. The lowest BCUT2D eigenvalue weighted by atomic mass is 9.95. The van der Waals surface area contributed by atoms with Crippen LogP contribution in [0.4, 0.5) is 0 Å². The molecule has 1 aromatic carbocycles. The highest BCUT2D eigenvalue weighted by molar-refractivity contribution is 5.98. The highest BCUT2D eigenvalue weighted by Gasteiger charge is 2.35. The van der Waals surface area contributed by atoms with Crippen molar-refractivity contribution in [3.8, 4) is 5.75 Å². The Morgan fingerprint density at radius 1 is 0.836 bits per heavy atom. The minimum Gasteiger partial charge on any atom is -0.508 e. The molecule has 1 saturated heterocycles. The Balaban J connectivity index is 2.58. The lowest BCUT2D eigenvalue weighted by molar-refractivity contribution is -0.140. The molecule has 0 saturated carbocycles. The summed E-state index contributed by atoms with van der Waals surface area (Å²) in [6.45, 7) is 7.75. The van der Waals surface area contributed by atoms with Crippen molar-refractivity contribution in [3.63, 3.8) is 0 Å². The number of hydrogen-bond donors (Lipinski definition) is 12. The van der Waals surface area contributed by atoms with E-state index in [2.05, 4.69) is 49.1 Å². The fourth-order valence-corrected chi connectivity index (χ4v) is 6.72. The van der Waals surface area contributed by atoms with Crippen molar-refractivity contribution < 1.29 is 57.8 Å². The van der Waals surface area contributed by atoms with E-state index in [1.807, 2.05) is 6.92 Å². The molecule has 7 atom stereocenters. The fourth-order valence-electron chi connectivity index (χ4n) is 6.72. The Morgan fingerprint density at radius 2 is 1.48 bits per heavy atom. The summed E-state index contributed by atoms with van der Waals surface area (Å²) >= 11 is 0. The van der Waals surface area contributed by atoms with Gasteiger partial charge in [0.25, 0.3) is 0 Å². The van der Waals surface area contributed by atoms with Gasteiger partial charge in [0, 0.05) is 25.6 Å². The summed E-state index contributed by atoms with van der Waals surface area (Å²) in [5.41, 5.74) is 16.8. The number of nitrogens with two attached hydrogens (primary N) is 3. The number of carbonyl (C=O) groups excluding carboxylic acids is 11. The first-order valence-corrected chi connectivity index (χ1v) is 21.9. The maximum atomic E-state index is 14.1. The van der Waals surface area contributed by atoms with Crippen LogP contribution in [0.2, 0.25) is 0 Å². The molecule has 0 bridgehead atoms. The first-order chi connectivity index (χ1) is 31.5. The van der Waals surface area contributed by atoms with E-state index in [1.165, 1.54) is 19.2 Å². The van der Waals surface area contributed by atoms with Crippen LogP contribution in [0.3, 0.4) is 0 Å². The van der Waals surface area contributed by atoms with E-state index in [1.54, 1.807) is 26.0 Å². The number of phenols is 1. The molecular formula is C43H66N12O12. The quantitative estimate of drug-likeness (QED) is 0.0634. The van der Waals surface area contributed by atoms with Gasteiger partial charge in [0.05, 0.1) is 32.1 Å². The summed E-state index contributed by atoms with van der Waals surface area (Å²) in [5, 5.41) is 30.3. The van der Waals surface area contributed by atoms with Gasteiger partial charge >= 0.3 is 0 Å². The Labute approximate surface area is 388 Å². The molecule has 0 aromatic heterocycles. The molecule has 1 aromatic rings. The molecule has 370 valence electrons. The molecular weight excluding hydrogens is 877 g/mol. The summed E-state index contributed by atoms with van der Waals surface area (Å²) in [6, 6.07) is -1.98. The van der Waals surface area contributed by atoms with Gasteiger partial charge in [-0.2, -0.15) is 0 Å². The number of nitrogens with zero attached hydrogens (tertiary/aromatic N) is 1. The van der Waals surface area contributed by atoms with Gasteiger partial charge in [-0.15, -0.1) is 0 Å². The van der Waals surface area contributed by atoms with Gasteiger partial charge in [0.2, 0.25) is 65.0 Å². The lowest BCUT2D eigenvalue weighted by Gasteiger charge is -2.31. The third-order valence-corrected chi connectivity index (χ3v) is 10.7. The van der Waals surface area contributed by atoms with Crippen LogP contribution >= 0.6 is 0 Å². The molecule has 67 heavy (non-hydrogen) atoms. The summed E-state index contributed by atoms with van der Waals surface area (Å²) in [7, 11) is 1.20. The first-order valence-electron chi connectivity index (χ1n) is 21.9. The number of phenolic OH excluding ortho intramolecular Hbond substituents is 1. The Hall–Kier alpha value is -7.27. The van der Waals surface area contributed by atoms with Gasteiger partial charge in [-0.05, 0) is 49.3 Å². The Bertz CT molecular complexity index is 1980. The molecule has 15 N–H and O–H groups in total. The maximum absolute atomic E-state index is 14.1. The van der Waals surface area contributed by atoms with Gasteiger partial charge in [0.15, 0.2) is 0 Å². The molecule has 0 radical (unpaired) electrons.